The Morgan fingerprint density at radius 1 is 0.349 bits per heavy atom. The molecule has 294 valence electrons. The van der Waals surface area contributed by atoms with Crippen molar-refractivity contribution in [2.75, 3.05) is 0 Å². The fourth-order valence-corrected chi connectivity index (χ4v) is 7.82. The fraction of sp³-hybridized carbons (Fsp3) is 0. The lowest BCUT2D eigenvalue weighted by atomic mass is 10.0. The van der Waals surface area contributed by atoms with E-state index in [4.69, 9.17) is 38.6 Å². The van der Waals surface area contributed by atoms with Gasteiger partial charge in [0, 0.05) is 37.9 Å². The highest BCUT2D eigenvalue weighted by atomic mass is 16.3. The summed E-state index contributed by atoms with van der Waals surface area (Å²) in [5.41, 5.74) is -2.03. The first-order valence-electron chi connectivity index (χ1n) is 31.2. The largest absolute Gasteiger partial charge is 0.456 e. The zero-order chi connectivity index (χ0) is 62.3. The Morgan fingerprint density at radius 3 is 1.44 bits per heavy atom. The first kappa shape index (κ1) is 19.0. The molecule has 0 aliphatic carbocycles. The van der Waals surface area contributed by atoms with Gasteiger partial charge in [-0.3, -0.25) is 9.13 Å². The minimum Gasteiger partial charge on any atom is -0.456 e. The maximum Gasteiger partial charge on any atom is 0.240 e. The van der Waals surface area contributed by atoms with Crippen LogP contribution in [0.15, 0.2) is 216 Å². The molecule has 0 saturated heterocycles. The van der Waals surface area contributed by atoms with Crippen molar-refractivity contribution in [2.45, 2.75) is 0 Å². The summed E-state index contributed by atoms with van der Waals surface area (Å²) in [6.45, 7) is 0. The van der Waals surface area contributed by atoms with E-state index in [2.05, 4.69) is 0 Å². The second kappa shape index (κ2) is 14.0. The van der Waals surface area contributed by atoms with Crippen LogP contribution in [0.2, 0.25) is 0 Å². The molecule has 0 spiro atoms. The number of hydrogen-bond acceptors (Lipinski definition) is 4. The van der Waals surface area contributed by atoms with Crippen LogP contribution in [0, 0.1) is 0 Å². The number of nitrogens with zero attached hydrogens (tertiary/aromatic N) is 5. The van der Waals surface area contributed by atoms with Gasteiger partial charge in [-0.2, -0.15) is 15.0 Å². The average molecular weight is 830 g/mol. The molecule has 4 aromatic heterocycles. The number of rotatable bonds is 6. The summed E-state index contributed by atoms with van der Waals surface area (Å²) in [4.78, 5) is 14.6. The molecule has 0 aliphatic heterocycles. The van der Waals surface area contributed by atoms with Gasteiger partial charge in [-0.15, -0.1) is 0 Å². The van der Waals surface area contributed by atoms with Gasteiger partial charge in [-0.25, -0.2) is 0 Å². The second-order valence-electron chi connectivity index (χ2n) is 14.2. The predicted octanol–water partition coefficient (Wildman–Crippen LogP) is 14.6. The van der Waals surface area contributed by atoms with Crippen molar-refractivity contribution in [2.24, 2.45) is 0 Å². The Labute approximate surface area is 395 Å². The van der Waals surface area contributed by atoms with Gasteiger partial charge in [0.25, 0.3) is 0 Å². The fourth-order valence-electron chi connectivity index (χ4n) is 7.82. The number of fused-ring (bicyclic) bond motifs is 9. The second-order valence-corrected chi connectivity index (χ2v) is 14.2. The first-order valence-corrected chi connectivity index (χ1v) is 19.2. The van der Waals surface area contributed by atoms with Crippen LogP contribution in [-0.4, -0.2) is 24.1 Å². The maximum absolute atomic E-state index is 9.96. The van der Waals surface area contributed by atoms with Gasteiger partial charge in [0.1, 0.15) is 11.2 Å². The van der Waals surface area contributed by atoms with E-state index in [1.807, 2.05) is 42.5 Å². The standard InChI is InChI=1S/C57H35N5O/c1-3-13-36(14-4-1)41-27-30-45-43-17-7-10-20-49(43)61(51(45)34-41)56-58-55(39-25-23-38(24-26-39)40-29-32-54-48(33-40)47-19-9-12-22-53(47)63-54)59-57(60-56)62-50-21-11-8-18-44(50)46-31-28-42(35-52(46)62)37-15-5-2-6-16-37/h1-35H/i1D,2D,3D,4D,5D,6D,7D,8D,10D,11D,13D,14D,15D,16D,17D,18D,20D,21D,27D,28D,30D,31D,34D,35D. The van der Waals surface area contributed by atoms with Crippen molar-refractivity contribution >= 4 is 65.6 Å². The number of hydrogen-bond donors (Lipinski definition) is 0. The van der Waals surface area contributed by atoms with Crippen molar-refractivity contribution in [1.29, 1.82) is 0 Å². The first-order chi connectivity index (χ1) is 41.2. The zero-order valence-corrected chi connectivity index (χ0v) is 32.0. The van der Waals surface area contributed by atoms with E-state index < -0.39 is 223 Å². The van der Waals surface area contributed by atoms with Crippen LogP contribution in [-0.2, 0) is 0 Å². The molecule has 13 rings (SSSR count). The van der Waals surface area contributed by atoms with E-state index in [-0.39, 0.29) is 11.4 Å². The van der Waals surface area contributed by atoms with Crippen LogP contribution >= 0.6 is 0 Å². The molecular formula is C57H35N5O. The van der Waals surface area contributed by atoms with Gasteiger partial charge in [0.05, 0.1) is 55.0 Å². The minimum absolute atomic E-state index is 0.157. The number of para-hydroxylation sites is 3. The summed E-state index contributed by atoms with van der Waals surface area (Å²) in [7, 11) is 0. The van der Waals surface area contributed by atoms with Crippen molar-refractivity contribution in [3.8, 4) is 56.7 Å². The van der Waals surface area contributed by atoms with Gasteiger partial charge in [0.2, 0.25) is 11.9 Å². The summed E-state index contributed by atoms with van der Waals surface area (Å²) < 4.78 is 225. The monoisotopic (exact) mass is 829 g/mol. The van der Waals surface area contributed by atoms with Crippen LogP contribution in [0.4, 0.5) is 0 Å². The molecule has 6 heteroatoms. The molecule has 4 heterocycles. The summed E-state index contributed by atoms with van der Waals surface area (Å²) in [5.74, 6) is -1.70. The molecule has 0 saturated carbocycles. The van der Waals surface area contributed by atoms with Crippen molar-refractivity contribution in [3.63, 3.8) is 0 Å². The Hall–Kier alpha value is -8.61. The van der Waals surface area contributed by atoms with Crippen LogP contribution in [0.5, 0.6) is 0 Å². The third kappa shape index (κ3) is 5.69. The summed E-state index contributed by atoms with van der Waals surface area (Å²) in [5, 5.41) is -0.154. The number of benzene rings is 9. The quantitative estimate of drug-likeness (QED) is 0.167. The minimum atomic E-state index is -0.869. The molecule has 0 unspecified atom stereocenters. The van der Waals surface area contributed by atoms with Crippen molar-refractivity contribution in [3.05, 3.63) is 212 Å². The molecule has 13 aromatic rings. The molecule has 0 bridgehead atoms. The number of furan rings is 1. The van der Waals surface area contributed by atoms with Crippen LogP contribution in [0.1, 0.15) is 32.9 Å². The van der Waals surface area contributed by atoms with E-state index in [1.54, 1.807) is 24.3 Å². The third-order valence-electron chi connectivity index (χ3n) is 10.7. The Morgan fingerprint density at radius 2 is 0.841 bits per heavy atom. The molecule has 63 heavy (non-hydrogen) atoms. The highest BCUT2D eigenvalue weighted by molar-refractivity contribution is 6.11. The molecule has 9 aromatic carbocycles. The molecule has 0 N–H and O–H groups in total. The SMILES string of the molecule is [2H]c1c([2H])c([2H])c(-c2c([2H])c([2H])c3c4c([2H])c([2H])c([2H])c([2H])c4n(-c4nc(-c5ccc(-c6ccc7oc8ccccc8c7c6)cc5)nc(-n5c6c([2H])c([2H])c([2H])c([2H])c6c6c([2H])c([2H])c(-c7c([2H])c([2H])c([2H])c([2H])c7[2H])c([2H])c65)n4)c3c2[2H])c([2H])c1[2H]. The molecule has 0 atom stereocenters. The smallest absolute Gasteiger partial charge is 0.240 e. The van der Waals surface area contributed by atoms with Gasteiger partial charge in [0.15, 0.2) is 5.82 Å². The molecule has 0 fully saturated rings. The molecule has 0 aliphatic rings. The molecule has 0 amide bonds. The topological polar surface area (TPSA) is 61.7 Å². The average Bonchev–Trinajstić information content (AvgIpc) is 1.59. The Kier molecular flexibility index (Phi) is 4.21. The summed E-state index contributed by atoms with van der Waals surface area (Å²) >= 11 is 0. The lowest BCUT2D eigenvalue weighted by molar-refractivity contribution is 0.669. The van der Waals surface area contributed by atoms with Gasteiger partial charge >= 0.3 is 0 Å². The van der Waals surface area contributed by atoms with E-state index in [9.17, 15) is 13.7 Å². The van der Waals surface area contributed by atoms with E-state index in [0.717, 1.165) is 25.5 Å². The summed E-state index contributed by atoms with van der Waals surface area (Å²) in [6, 6.07) is -0.379. The van der Waals surface area contributed by atoms with Crippen LogP contribution in [0.25, 0.3) is 122 Å². The molecule has 6 nitrogen and oxygen atoms in total. The predicted molar refractivity (Wildman–Crippen MR) is 258 cm³/mol. The van der Waals surface area contributed by atoms with Crippen molar-refractivity contribution < 1.29 is 37.3 Å². The third-order valence-corrected chi connectivity index (χ3v) is 10.7. The lowest BCUT2D eigenvalue weighted by Gasteiger charge is -2.13. The highest BCUT2D eigenvalue weighted by Gasteiger charge is 2.21. The Balaban J connectivity index is 1.21. The number of aromatic nitrogens is 5. The van der Waals surface area contributed by atoms with Gasteiger partial charge in [-0.05, 0) is 75.7 Å². The van der Waals surface area contributed by atoms with Gasteiger partial charge in [-0.1, -0.05) is 169 Å². The Bertz CT molecular complexity index is 5040. The van der Waals surface area contributed by atoms with Gasteiger partial charge < -0.3 is 4.42 Å². The van der Waals surface area contributed by atoms with Crippen LogP contribution < -0.4 is 0 Å². The highest BCUT2D eigenvalue weighted by Crippen LogP contribution is 2.38. The van der Waals surface area contributed by atoms with Crippen molar-refractivity contribution in [1.82, 2.24) is 24.1 Å². The van der Waals surface area contributed by atoms with E-state index in [0.29, 0.717) is 16.7 Å². The van der Waals surface area contributed by atoms with Crippen LogP contribution in [0.3, 0.4) is 0 Å². The normalized spacial score (nSPS) is 17.1. The van der Waals surface area contributed by atoms with E-state index >= 15 is 0 Å². The van der Waals surface area contributed by atoms with E-state index in [1.165, 1.54) is 0 Å². The zero-order valence-electron chi connectivity index (χ0n) is 56.0. The lowest BCUT2D eigenvalue weighted by Crippen LogP contribution is -2.10. The molecule has 0 radical (unpaired) electrons. The molecular weight excluding hydrogens is 771 g/mol. The maximum atomic E-state index is 9.96. The summed E-state index contributed by atoms with van der Waals surface area (Å²) in [6.07, 6.45) is 0.